The Balaban J connectivity index is 1.30. The fourth-order valence-corrected chi connectivity index (χ4v) is 2.80. The molecule has 1 aliphatic heterocycles. The van der Waals surface area contributed by atoms with Crippen LogP contribution in [0.4, 0.5) is 10.6 Å². The Morgan fingerprint density at radius 1 is 1.32 bits per heavy atom. The van der Waals surface area contributed by atoms with Gasteiger partial charge in [-0.2, -0.15) is 4.52 Å². The van der Waals surface area contributed by atoms with Crippen LogP contribution < -0.4 is 10.2 Å². The van der Waals surface area contributed by atoms with Crippen molar-refractivity contribution in [3.8, 4) is 0 Å². The highest BCUT2D eigenvalue weighted by Gasteiger charge is 2.25. The summed E-state index contributed by atoms with van der Waals surface area (Å²) in [7, 11) is 0. The Labute approximate surface area is 143 Å². The van der Waals surface area contributed by atoms with Gasteiger partial charge in [-0.05, 0) is 30.7 Å². The molecule has 0 spiro atoms. The lowest BCUT2D eigenvalue weighted by Crippen LogP contribution is -2.37. The number of hydrogen-bond acceptors (Lipinski definition) is 7. The molecule has 3 aromatic heterocycles. The lowest BCUT2D eigenvalue weighted by Gasteiger charge is -2.17. The Morgan fingerprint density at radius 2 is 2.28 bits per heavy atom. The number of nitrogens with one attached hydrogen (secondary N) is 1. The van der Waals surface area contributed by atoms with Crippen LogP contribution in [0.5, 0.6) is 0 Å². The Kier molecular flexibility index (Phi) is 4.11. The summed E-state index contributed by atoms with van der Waals surface area (Å²) in [4.78, 5) is 18.2. The van der Waals surface area contributed by atoms with E-state index in [-0.39, 0.29) is 12.6 Å². The van der Waals surface area contributed by atoms with Gasteiger partial charge in [0.1, 0.15) is 18.8 Å². The van der Waals surface area contributed by atoms with Crippen LogP contribution in [-0.4, -0.2) is 50.0 Å². The lowest BCUT2D eigenvalue weighted by atomic mass is 10.3. The number of alkyl carbamates (subject to hydrolysis) is 1. The summed E-state index contributed by atoms with van der Waals surface area (Å²) < 4.78 is 6.85. The number of rotatable bonds is 4. The van der Waals surface area contributed by atoms with Crippen molar-refractivity contribution in [1.29, 1.82) is 0 Å². The van der Waals surface area contributed by atoms with Gasteiger partial charge in [-0.25, -0.2) is 4.79 Å². The Bertz CT molecular complexity index is 867. The SMILES string of the molecule is O=C(N[C@@H]1CCN(c2ccc3nncn3n2)C1)OCc1ccccn1. The molecule has 25 heavy (non-hydrogen) atoms. The van der Waals surface area contributed by atoms with Gasteiger partial charge >= 0.3 is 6.09 Å². The second-order valence-corrected chi connectivity index (χ2v) is 5.80. The smallest absolute Gasteiger partial charge is 0.407 e. The van der Waals surface area contributed by atoms with E-state index in [0.717, 1.165) is 24.5 Å². The zero-order chi connectivity index (χ0) is 17.1. The first kappa shape index (κ1) is 15.3. The van der Waals surface area contributed by atoms with Crippen LogP contribution >= 0.6 is 0 Å². The average Bonchev–Trinajstić information content (AvgIpc) is 3.29. The molecule has 128 valence electrons. The summed E-state index contributed by atoms with van der Waals surface area (Å²) in [5, 5.41) is 15.1. The van der Waals surface area contributed by atoms with Crippen LogP contribution in [0.25, 0.3) is 5.65 Å². The second kappa shape index (κ2) is 6.71. The van der Waals surface area contributed by atoms with E-state index in [9.17, 15) is 4.79 Å². The van der Waals surface area contributed by atoms with Crippen LogP contribution in [0.15, 0.2) is 42.9 Å². The molecule has 3 aromatic rings. The molecule has 1 amide bonds. The van der Waals surface area contributed by atoms with E-state index in [2.05, 4.69) is 30.5 Å². The van der Waals surface area contributed by atoms with Crippen LogP contribution in [0.3, 0.4) is 0 Å². The number of pyridine rings is 1. The van der Waals surface area contributed by atoms with Gasteiger partial charge in [0.05, 0.1) is 11.7 Å². The van der Waals surface area contributed by atoms with Gasteiger partial charge < -0.3 is 15.0 Å². The highest BCUT2D eigenvalue weighted by atomic mass is 16.5. The lowest BCUT2D eigenvalue weighted by molar-refractivity contribution is 0.135. The maximum Gasteiger partial charge on any atom is 0.407 e. The van der Waals surface area contributed by atoms with E-state index in [1.54, 1.807) is 17.0 Å². The number of carbonyl (C=O) groups is 1. The third-order valence-corrected chi connectivity index (χ3v) is 4.06. The summed E-state index contributed by atoms with van der Waals surface area (Å²) in [5.74, 6) is 0.832. The zero-order valence-electron chi connectivity index (χ0n) is 13.4. The predicted octanol–water partition coefficient (Wildman–Crippen LogP) is 1.02. The second-order valence-electron chi connectivity index (χ2n) is 5.80. The molecule has 0 bridgehead atoms. The molecule has 1 fully saturated rings. The summed E-state index contributed by atoms with van der Waals surface area (Å²) in [6, 6.07) is 9.30. The van der Waals surface area contributed by atoms with Crippen LogP contribution in [0, 0.1) is 0 Å². The molecule has 0 aliphatic carbocycles. The number of aromatic nitrogens is 5. The van der Waals surface area contributed by atoms with Gasteiger partial charge in [0.15, 0.2) is 5.65 Å². The molecule has 1 saturated heterocycles. The predicted molar refractivity (Wildman–Crippen MR) is 89.0 cm³/mol. The van der Waals surface area contributed by atoms with Crippen molar-refractivity contribution in [3.05, 3.63) is 48.5 Å². The summed E-state index contributed by atoms with van der Waals surface area (Å²) in [5.41, 5.74) is 1.42. The minimum atomic E-state index is -0.431. The average molecular weight is 339 g/mol. The van der Waals surface area contributed by atoms with Gasteiger partial charge in [0, 0.05) is 19.3 Å². The topological polar surface area (TPSA) is 97.5 Å². The molecule has 0 saturated carbocycles. The number of fused-ring (bicyclic) bond motifs is 1. The van der Waals surface area contributed by atoms with Crippen molar-refractivity contribution in [3.63, 3.8) is 0 Å². The molecule has 1 N–H and O–H groups in total. The molecule has 4 heterocycles. The number of ether oxygens (including phenoxy) is 1. The maximum atomic E-state index is 11.9. The first-order valence-corrected chi connectivity index (χ1v) is 8.03. The van der Waals surface area contributed by atoms with Crippen LogP contribution in [-0.2, 0) is 11.3 Å². The van der Waals surface area contributed by atoms with Gasteiger partial charge in [0.2, 0.25) is 0 Å². The minimum Gasteiger partial charge on any atom is -0.443 e. The quantitative estimate of drug-likeness (QED) is 0.758. The van der Waals surface area contributed by atoms with Crippen molar-refractivity contribution in [2.75, 3.05) is 18.0 Å². The van der Waals surface area contributed by atoms with E-state index in [1.165, 1.54) is 0 Å². The first-order chi connectivity index (χ1) is 12.3. The molecule has 9 heteroatoms. The highest BCUT2D eigenvalue weighted by molar-refractivity contribution is 5.67. The third-order valence-electron chi connectivity index (χ3n) is 4.06. The Hall–Kier alpha value is -3.23. The number of nitrogens with zero attached hydrogens (tertiary/aromatic N) is 6. The molecule has 9 nitrogen and oxygen atoms in total. The molecule has 0 unspecified atom stereocenters. The Morgan fingerprint density at radius 3 is 3.16 bits per heavy atom. The van der Waals surface area contributed by atoms with Gasteiger partial charge in [-0.15, -0.1) is 15.3 Å². The van der Waals surface area contributed by atoms with E-state index in [4.69, 9.17) is 4.74 Å². The molecular formula is C16H17N7O2. The molecule has 1 aliphatic rings. The minimum absolute atomic E-state index is 0.0228. The maximum absolute atomic E-state index is 11.9. The molecular weight excluding hydrogens is 322 g/mol. The number of hydrogen-bond donors (Lipinski definition) is 1. The number of amides is 1. The monoisotopic (exact) mass is 339 g/mol. The number of carbonyl (C=O) groups excluding carboxylic acids is 1. The molecule has 0 aromatic carbocycles. The molecule has 0 radical (unpaired) electrons. The third kappa shape index (κ3) is 3.49. The highest BCUT2D eigenvalue weighted by Crippen LogP contribution is 2.18. The van der Waals surface area contributed by atoms with E-state index >= 15 is 0 Å². The summed E-state index contributed by atoms with van der Waals surface area (Å²) >= 11 is 0. The standard InChI is InChI=1S/C16H17N7O2/c24-16(25-10-13-3-1-2-7-17-13)19-12-6-8-22(9-12)15-5-4-14-20-18-11-23(14)21-15/h1-5,7,11-12H,6,8-10H2,(H,19,24)/t12-/m1/s1. The molecule has 4 rings (SSSR count). The summed E-state index contributed by atoms with van der Waals surface area (Å²) in [6.07, 6.45) is 3.64. The van der Waals surface area contributed by atoms with Crippen LogP contribution in [0.1, 0.15) is 12.1 Å². The fourth-order valence-electron chi connectivity index (χ4n) is 2.80. The van der Waals surface area contributed by atoms with Gasteiger partial charge in [0.25, 0.3) is 0 Å². The van der Waals surface area contributed by atoms with Gasteiger partial charge in [-0.3, -0.25) is 4.98 Å². The van der Waals surface area contributed by atoms with Crippen molar-refractivity contribution in [2.45, 2.75) is 19.1 Å². The first-order valence-electron chi connectivity index (χ1n) is 8.03. The van der Waals surface area contributed by atoms with Crippen LogP contribution in [0.2, 0.25) is 0 Å². The van der Waals surface area contributed by atoms with E-state index in [0.29, 0.717) is 12.2 Å². The fraction of sp³-hybridized carbons (Fsp3) is 0.312. The number of anilines is 1. The van der Waals surface area contributed by atoms with Gasteiger partial charge in [-0.1, -0.05) is 6.07 Å². The zero-order valence-corrected chi connectivity index (χ0v) is 13.4. The van der Waals surface area contributed by atoms with E-state index < -0.39 is 6.09 Å². The molecule has 1 atom stereocenters. The van der Waals surface area contributed by atoms with Crippen molar-refractivity contribution in [2.24, 2.45) is 0 Å². The van der Waals surface area contributed by atoms with Crippen molar-refractivity contribution < 1.29 is 9.53 Å². The van der Waals surface area contributed by atoms with Crippen molar-refractivity contribution in [1.82, 2.24) is 30.1 Å². The van der Waals surface area contributed by atoms with E-state index in [1.807, 2.05) is 30.3 Å². The summed E-state index contributed by atoms with van der Waals surface area (Å²) in [6.45, 7) is 1.65. The van der Waals surface area contributed by atoms with Crippen molar-refractivity contribution >= 4 is 17.6 Å². The largest absolute Gasteiger partial charge is 0.443 e. The normalized spacial score (nSPS) is 17.0.